The van der Waals surface area contributed by atoms with Crippen molar-refractivity contribution in [3.8, 4) is 5.75 Å². The maximum absolute atomic E-state index is 13.5. The Morgan fingerprint density at radius 1 is 1.06 bits per heavy atom. The molecule has 0 unspecified atom stereocenters. The zero-order valence-corrected chi connectivity index (χ0v) is 21.0. The summed E-state index contributed by atoms with van der Waals surface area (Å²) in [6, 6.07) is 13.0. The number of carbonyl (C=O) groups is 1. The Labute approximate surface area is 212 Å². The standard InChI is InChI=1S/C29H35FN4O2/c1-36-28-7-3-2-6-27(28)33-16-18-34(19-17-33)29(35)8-4-5-13-32-14-11-22(12-15-32)25-21-31-26-20-23(30)9-10-24(25)26/h2-3,6-7,9-11,20-21,31H,4-5,8,12-19H2,1H3. The lowest BCUT2D eigenvalue weighted by molar-refractivity contribution is -0.131. The number of unbranched alkanes of at least 4 members (excludes halogenated alkanes) is 1. The molecule has 1 fully saturated rings. The van der Waals surface area contributed by atoms with E-state index < -0.39 is 0 Å². The van der Waals surface area contributed by atoms with Crippen LogP contribution in [0, 0.1) is 5.82 Å². The van der Waals surface area contributed by atoms with Crippen LogP contribution in [0.25, 0.3) is 16.5 Å². The van der Waals surface area contributed by atoms with Gasteiger partial charge in [-0.15, -0.1) is 0 Å². The fraction of sp³-hybridized carbons (Fsp3) is 0.414. The lowest BCUT2D eigenvalue weighted by Crippen LogP contribution is -2.48. The molecular weight excluding hydrogens is 455 g/mol. The Morgan fingerprint density at radius 3 is 2.67 bits per heavy atom. The molecule has 0 atom stereocenters. The first kappa shape index (κ1) is 24.4. The molecule has 3 heterocycles. The Kier molecular flexibility index (Phi) is 7.56. The average molecular weight is 491 g/mol. The van der Waals surface area contributed by atoms with Crippen LogP contribution in [0.2, 0.25) is 0 Å². The summed E-state index contributed by atoms with van der Waals surface area (Å²) in [5, 5.41) is 1.08. The van der Waals surface area contributed by atoms with E-state index in [0.717, 1.165) is 87.4 Å². The molecule has 0 spiro atoms. The van der Waals surface area contributed by atoms with Crippen molar-refractivity contribution < 1.29 is 13.9 Å². The fourth-order valence-electron chi connectivity index (χ4n) is 5.38. The number of rotatable bonds is 8. The maximum atomic E-state index is 13.5. The van der Waals surface area contributed by atoms with Gasteiger partial charge in [0.05, 0.1) is 12.8 Å². The minimum Gasteiger partial charge on any atom is -0.495 e. The first-order chi connectivity index (χ1) is 17.6. The number of benzene rings is 2. The number of hydrogen-bond donors (Lipinski definition) is 1. The second-order valence-corrected chi connectivity index (χ2v) is 9.67. The molecule has 1 saturated heterocycles. The van der Waals surface area contributed by atoms with Gasteiger partial charge in [0.25, 0.3) is 0 Å². The van der Waals surface area contributed by atoms with Crippen LogP contribution in [0.1, 0.15) is 31.2 Å². The largest absolute Gasteiger partial charge is 0.495 e. The molecule has 1 aromatic heterocycles. The number of nitrogens with one attached hydrogen (secondary N) is 1. The molecule has 7 heteroatoms. The number of hydrogen-bond acceptors (Lipinski definition) is 4. The van der Waals surface area contributed by atoms with Crippen LogP contribution in [0.4, 0.5) is 10.1 Å². The van der Waals surface area contributed by atoms with Crippen molar-refractivity contribution in [1.29, 1.82) is 0 Å². The van der Waals surface area contributed by atoms with Crippen LogP contribution in [-0.2, 0) is 4.79 Å². The lowest BCUT2D eigenvalue weighted by atomic mass is 9.98. The number of para-hydroxylation sites is 2. The van der Waals surface area contributed by atoms with Crippen LogP contribution in [0.15, 0.2) is 54.7 Å². The molecular formula is C29H35FN4O2. The van der Waals surface area contributed by atoms with Crippen molar-refractivity contribution in [2.75, 3.05) is 57.8 Å². The van der Waals surface area contributed by atoms with Crippen molar-refractivity contribution in [2.45, 2.75) is 25.7 Å². The van der Waals surface area contributed by atoms with Gasteiger partial charge in [-0.2, -0.15) is 0 Å². The first-order valence-corrected chi connectivity index (χ1v) is 13.0. The number of carbonyl (C=O) groups excluding carboxylic acids is 1. The minimum atomic E-state index is -0.215. The van der Waals surface area contributed by atoms with Gasteiger partial charge in [0.1, 0.15) is 11.6 Å². The molecule has 2 aliphatic rings. The van der Waals surface area contributed by atoms with Crippen LogP contribution in [0.5, 0.6) is 5.75 Å². The molecule has 1 amide bonds. The molecule has 5 rings (SSSR count). The monoisotopic (exact) mass is 490 g/mol. The van der Waals surface area contributed by atoms with Crippen LogP contribution in [-0.4, -0.2) is 73.6 Å². The topological polar surface area (TPSA) is 51.8 Å². The molecule has 3 aromatic rings. The van der Waals surface area contributed by atoms with Gasteiger partial charge >= 0.3 is 0 Å². The summed E-state index contributed by atoms with van der Waals surface area (Å²) in [6.45, 7) is 6.13. The molecule has 0 radical (unpaired) electrons. The van der Waals surface area contributed by atoms with Gasteiger partial charge in [0.15, 0.2) is 0 Å². The lowest BCUT2D eigenvalue weighted by Gasteiger charge is -2.36. The highest BCUT2D eigenvalue weighted by atomic mass is 19.1. The van der Waals surface area contributed by atoms with Gasteiger partial charge in [-0.3, -0.25) is 9.69 Å². The third kappa shape index (κ3) is 5.41. The maximum Gasteiger partial charge on any atom is 0.222 e. The highest BCUT2D eigenvalue weighted by Gasteiger charge is 2.23. The Hall–Kier alpha value is -3.32. The zero-order chi connectivity index (χ0) is 24.9. The van der Waals surface area contributed by atoms with Gasteiger partial charge < -0.3 is 19.5 Å². The normalized spacial score (nSPS) is 16.9. The SMILES string of the molecule is COc1ccccc1N1CCN(C(=O)CCCCN2CC=C(c3c[nH]c4cc(F)ccc34)CC2)CC1. The van der Waals surface area contributed by atoms with E-state index in [2.05, 4.69) is 26.9 Å². The number of anilines is 1. The van der Waals surface area contributed by atoms with E-state index in [1.165, 1.54) is 17.2 Å². The molecule has 36 heavy (non-hydrogen) atoms. The number of aromatic nitrogens is 1. The molecule has 0 saturated carbocycles. The number of fused-ring (bicyclic) bond motifs is 1. The number of ether oxygens (including phenoxy) is 1. The van der Waals surface area contributed by atoms with Gasteiger partial charge in [0, 0.05) is 68.4 Å². The van der Waals surface area contributed by atoms with E-state index in [1.54, 1.807) is 13.2 Å². The van der Waals surface area contributed by atoms with Crippen molar-refractivity contribution in [3.63, 3.8) is 0 Å². The number of nitrogens with zero attached hydrogens (tertiary/aromatic N) is 3. The quantitative estimate of drug-likeness (QED) is 0.455. The number of aromatic amines is 1. The molecule has 0 bridgehead atoms. The second kappa shape index (κ2) is 11.2. The van der Waals surface area contributed by atoms with Crippen molar-refractivity contribution in [3.05, 3.63) is 66.1 Å². The van der Waals surface area contributed by atoms with Crippen molar-refractivity contribution in [1.82, 2.24) is 14.8 Å². The number of halogens is 1. The highest BCUT2D eigenvalue weighted by molar-refractivity contribution is 5.92. The van der Waals surface area contributed by atoms with Crippen LogP contribution < -0.4 is 9.64 Å². The summed E-state index contributed by atoms with van der Waals surface area (Å²) >= 11 is 0. The van der Waals surface area contributed by atoms with Gasteiger partial charge in [-0.05, 0) is 61.7 Å². The summed E-state index contributed by atoms with van der Waals surface area (Å²) < 4.78 is 19.0. The second-order valence-electron chi connectivity index (χ2n) is 9.67. The predicted molar refractivity (Wildman–Crippen MR) is 143 cm³/mol. The van der Waals surface area contributed by atoms with E-state index in [-0.39, 0.29) is 11.7 Å². The predicted octanol–water partition coefficient (Wildman–Crippen LogP) is 4.92. The smallest absolute Gasteiger partial charge is 0.222 e. The van der Waals surface area contributed by atoms with Gasteiger partial charge in [-0.1, -0.05) is 18.2 Å². The van der Waals surface area contributed by atoms with Gasteiger partial charge in [-0.25, -0.2) is 4.39 Å². The van der Waals surface area contributed by atoms with Gasteiger partial charge in [0.2, 0.25) is 5.91 Å². The number of piperazine rings is 1. The summed E-state index contributed by atoms with van der Waals surface area (Å²) in [7, 11) is 1.70. The highest BCUT2D eigenvalue weighted by Crippen LogP contribution is 2.30. The average Bonchev–Trinajstić information content (AvgIpc) is 3.34. The molecule has 190 valence electrons. The van der Waals surface area contributed by atoms with E-state index in [9.17, 15) is 9.18 Å². The Bertz CT molecular complexity index is 1230. The van der Waals surface area contributed by atoms with Crippen molar-refractivity contribution >= 4 is 28.1 Å². The third-order valence-electron chi connectivity index (χ3n) is 7.46. The molecule has 2 aromatic carbocycles. The number of H-pyrrole nitrogens is 1. The molecule has 2 aliphatic heterocycles. The number of amides is 1. The van der Waals surface area contributed by atoms with Crippen molar-refractivity contribution in [2.24, 2.45) is 0 Å². The van der Waals surface area contributed by atoms with Crippen LogP contribution >= 0.6 is 0 Å². The molecule has 0 aliphatic carbocycles. The summed E-state index contributed by atoms with van der Waals surface area (Å²) in [4.78, 5) is 22.7. The summed E-state index contributed by atoms with van der Waals surface area (Å²) in [5.41, 5.74) is 4.45. The van der Waals surface area contributed by atoms with E-state index in [1.807, 2.05) is 35.4 Å². The summed E-state index contributed by atoms with van der Waals surface area (Å²) in [6.07, 6.45) is 7.85. The minimum absolute atomic E-state index is 0.215. The summed E-state index contributed by atoms with van der Waals surface area (Å²) in [5.74, 6) is 0.938. The Balaban J connectivity index is 1.03. The zero-order valence-electron chi connectivity index (χ0n) is 21.0. The molecule has 6 nitrogen and oxygen atoms in total. The first-order valence-electron chi connectivity index (χ1n) is 13.0. The number of methoxy groups -OCH3 is 1. The van der Waals surface area contributed by atoms with E-state index in [0.29, 0.717) is 6.42 Å². The Morgan fingerprint density at radius 2 is 1.89 bits per heavy atom. The van der Waals surface area contributed by atoms with Crippen LogP contribution in [0.3, 0.4) is 0 Å². The van der Waals surface area contributed by atoms with E-state index >= 15 is 0 Å². The third-order valence-corrected chi connectivity index (χ3v) is 7.46. The van der Waals surface area contributed by atoms with E-state index in [4.69, 9.17) is 4.74 Å². The fourth-order valence-corrected chi connectivity index (χ4v) is 5.38. The molecule has 1 N–H and O–H groups in total.